The molecule has 0 aromatic carbocycles. The Hall–Kier alpha value is -2.80. The minimum absolute atomic E-state index is 0.309. The Balaban J connectivity index is 1.38. The van der Waals surface area contributed by atoms with E-state index in [2.05, 4.69) is 32.0 Å². The largest absolute Gasteiger partial charge is 0.383 e. The fourth-order valence-electron chi connectivity index (χ4n) is 4.76. The van der Waals surface area contributed by atoms with Gasteiger partial charge in [-0.15, -0.1) is 0 Å². The van der Waals surface area contributed by atoms with Gasteiger partial charge in [0, 0.05) is 51.1 Å². The molecule has 0 amide bonds. The second kappa shape index (κ2) is 12.2. The van der Waals surface area contributed by atoms with E-state index < -0.39 is 11.2 Å². The summed E-state index contributed by atoms with van der Waals surface area (Å²) in [7, 11) is 1.71. The molecule has 1 saturated heterocycles. The molecule has 4 rings (SSSR count). The van der Waals surface area contributed by atoms with Gasteiger partial charge in [-0.2, -0.15) is 5.26 Å². The highest BCUT2D eigenvalue weighted by molar-refractivity contribution is 5.65. The molecule has 1 aliphatic heterocycles. The van der Waals surface area contributed by atoms with Crippen LogP contribution in [0.5, 0.6) is 0 Å². The molecule has 35 heavy (non-hydrogen) atoms. The first-order chi connectivity index (χ1) is 17.1. The average molecular weight is 483 g/mol. The van der Waals surface area contributed by atoms with Crippen molar-refractivity contribution in [2.24, 2.45) is 5.41 Å². The molecule has 0 atom stereocenters. The van der Waals surface area contributed by atoms with Crippen LogP contribution in [0.15, 0.2) is 30.5 Å². The van der Waals surface area contributed by atoms with Crippen LogP contribution in [0.2, 0.25) is 0 Å². The Morgan fingerprint density at radius 1 is 1.17 bits per heavy atom. The number of nitrogens with one attached hydrogen (secondary N) is 3. The van der Waals surface area contributed by atoms with Gasteiger partial charge >= 0.3 is 0 Å². The second-order valence-electron chi connectivity index (χ2n) is 9.46. The lowest BCUT2D eigenvalue weighted by atomic mass is 9.82. The van der Waals surface area contributed by atoms with E-state index >= 15 is 0 Å². The maximum absolute atomic E-state index is 14.7. The van der Waals surface area contributed by atoms with Crippen LogP contribution in [0.1, 0.15) is 38.5 Å². The smallest absolute Gasteiger partial charge is 0.151 e. The Morgan fingerprint density at radius 3 is 2.69 bits per heavy atom. The Labute approximate surface area is 206 Å². The predicted octanol–water partition coefficient (Wildman–Crippen LogP) is 3.97. The monoisotopic (exact) mass is 482 g/mol. The quantitative estimate of drug-likeness (QED) is 0.437. The summed E-state index contributed by atoms with van der Waals surface area (Å²) in [6.45, 7) is 3.26. The van der Waals surface area contributed by atoms with E-state index in [-0.39, 0.29) is 0 Å². The molecule has 0 bridgehead atoms. The Kier molecular flexibility index (Phi) is 8.85. The number of aromatic nitrogens is 2. The van der Waals surface area contributed by atoms with Crippen molar-refractivity contribution >= 4 is 11.6 Å². The van der Waals surface area contributed by atoms with E-state index in [1.54, 1.807) is 19.2 Å². The van der Waals surface area contributed by atoms with E-state index in [0.717, 1.165) is 38.8 Å². The first kappa shape index (κ1) is 25.3. The summed E-state index contributed by atoms with van der Waals surface area (Å²) in [5.41, 5.74) is 0.469. The van der Waals surface area contributed by atoms with Crippen LogP contribution < -0.4 is 16.0 Å². The van der Waals surface area contributed by atoms with Crippen molar-refractivity contribution in [1.29, 1.82) is 5.26 Å². The normalized spacial score (nSPS) is 21.7. The summed E-state index contributed by atoms with van der Waals surface area (Å²) in [6, 6.07) is 10.5. The van der Waals surface area contributed by atoms with Crippen LogP contribution in [0.4, 0.5) is 16.0 Å². The molecule has 0 unspecified atom stereocenters. The number of rotatable bonds is 10. The fraction of sp³-hybridized carbons (Fsp3) is 0.577. The van der Waals surface area contributed by atoms with Crippen molar-refractivity contribution in [1.82, 2.24) is 15.3 Å². The summed E-state index contributed by atoms with van der Waals surface area (Å²) >= 11 is 0. The lowest BCUT2D eigenvalue weighted by Gasteiger charge is -2.30. The standard InChI is InChI=1S/C26H35FN6O2/c1-34-14-11-29-19-5-7-20(8-6-19)32-25-15-21(22(27)16-30-25)23-3-2-4-24(33-23)31-18-26(17-28)9-12-35-13-10-26/h2-4,15-16,19-20,29H,5-14,18H2,1H3,(H,30,32)(H,31,33)/t19-,20-. The van der Waals surface area contributed by atoms with E-state index in [1.165, 1.54) is 6.20 Å². The van der Waals surface area contributed by atoms with Crippen LogP contribution >= 0.6 is 0 Å². The summed E-state index contributed by atoms with van der Waals surface area (Å²) in [5, 5.41) is 20.0. The zero-order chi connectivity index (χ0) is 24.5. The van der Waals surface area contributed by atoms with Gasteiger partial charge < -0.3 is 25.4 Å². The first-order valence-corrected chi connectivity index (χ1v) is 12.5. The molecule has 1 saturated carbocycles. The van der Waals surface area contributed by atoms with Gasteiger partial charge in [0.15, 0.2) is 5.82 Å². The van der Waals surface area contributed by atoms with Crippen molar-refractivity contribution in [3.8, 4) is 17.3 Å². The second-order valence-corrected chi connectivity index (χ2v) is 9.46. The molecule has 188 valence electrons. The maximum Gasteiger partial charge on any atom is 0.151 e. The van der Waals surface area contributed by atoms with Gasteiger partial charge in [0.25, 0.3) is 0 Å². The highest BCUT2D eigenvalue weighted by Gasteiger charge is 2.32. The van der Waals surface area contributed by atoms with E-state index in [4.69, 9.17) is 9.47 Å². The third-order valence-corrected chi connectivity index (χ3v) is 6.99. The van der Waals surface area contributed by atoms with Crippen LogP contribution in [-0.4, -0.2) is 62.1 Å². The van der Waals surface area contributed by atoms with E-state index in [1.807, 2.05) is 12.1 Å². The molecule has 3 N–H and O–H groups in total. The molecule has 2 aliphatic rings. The van der Waals surface area contributed by atoms with Crippen molar-refractivity contribution < 1.29 is 13.9 Å². The summed E-state index contributed by atoms with van der Waals surface area (Å²) in [4.78, 5) is 8.89. The van der Waals surface area contributed by atoms with Gasteiger partial charge in [0.2, 0.25) is 0 Å². The van der Waals surface area contributed by atoms with Crippen LogP contribution in [0, 0.1) is 22.6 Å². The van der Waals surface area contributed by atoms with Crippen molar-refractivity contribution in [3.63, 3.8) is 0 Å². The number of hydrogen-bond acceptors (Lipinski definition) is 8. The van der Waals surface area contributed by atoms with Crippen LogP contribution in [0.25, 0.3) is 11.3 Å². The maximum atomic E-state index is 14.7. The Morgan fingerprint density at radius 2 is 1.94 bits per heavy atom. The molecule has 3 heterocycles. The molecule has 2 fully saturated rings. The average Bonchev–Trinajstić information content (AvgIpc) is 2.90. The zero-order valence-electron chi connectivity index (χ0n) is 20.4. The SMILES string of the molecule is COCCN[C@H]1CC[C@H](Nc2cc(-c3cccc(NCC4(C#N)CCOCC4)n3)c(F)cn2)CC1. The molecule has 0 radical (unpaired) electrons. The van der Waals surface area contributed by atoms with Gasteiger partial charge in [-0.25, -0.2) is 14.4 Å². The topological polar surface area (TPSA) is 104 Å². The number of pyridine rings is 2. The number of nitrogens with zero attached hydrogens (tertiary/aromatic N) is 3. The van der Waals surface area contributed by atoms with E-state index in [0.29, 0.717) is 67.6 Å². The van der Waals surface area contributed by atoms with Crippen molar-refractivity contribution in [2.75, 3.05) is 50.7 Å². The molecule has 0 spiro atoms. The van der Waals surface area contributed by atoms with Crippen molar-refractivity contribution in [2.45, 2.75) is 50.6 Å². The van der Waals surface area contributed by atoms with Crippen LogP contribution in [0.3, 0.4) is 0 Å². The highest BCUT2D eigenvalue weighted by atomic mass is 19.1. The van der Waals surface area contributed by atoms with Gasteiger partial charge in [-0.3, -0.25) is 0 Å². The molecule has 9 heteroatoms. The van der Waals surface area contributed by atoms with Crippen molar-refractivity contribution in [3.05, 3.63) is 36.3 Å². The third kappa shape index (κ3) is 6.88. The lowest BCUT2D eigenvalue weighted by Crippen LogP contribution is -2.38. The molecule has 8 nitrogen and oxygen atoms in total. The molecule has 2 aromatic rings. The van der Waals surface area contributed by atoms with Gasteiger partial charge in [-0.05, 0) is 56.7 Å². The molecule has 2 aromatic heterocycles. The van der Waals surface area contributed by atoms with Crippen LogP contribution in [-0.2, 0) is 9.47 Å². The number of ether oxygens (including phenoxy) is 2. The highest BCUT2D eigenvalue weighted by Crippen LogP contribution is 2.31. The zero-order valence-corrected chi connectivity index (χ0v) is 20.4. The fourth-order valence-corrected chi connectivity index (χ4v) is 4.76. The number of methoxy groups -OCH3 is 1. The molecular weight excluding hydrogens is 447 g/mol. The summed E-state index contributed by atoms with van der Waals surface area (Å²) < 4.78 is 25.2. The molecule has 1 aliphatic carbocycles. The minimum Gasteiger partial charge on any atom is -0.383 e. The van der Waals surface area contributed by atoms with Gasteiger partial charge in [0.05, 0.1) is 30.0 Å². The number of halogens is 1. The minimum atomic E-state index is -0.465. The number of anilines is 2. The summed E-state index contributed by atoms with van der Waals surface area (Å²) in [5.74, 6) is 0.862. The predicted molar refractivity (Wildman–Crippen MR) is 134 cm³/mol. The summed E-state index contributed by atoms with van der Waals surface area (Å²) in [6.07, 6.45) is 6.86. The molecular formula is C26H35FN6O2. The first-order valence-electron chi connectivity index (χ1n) is 12.5. The van der Waals surface area contributed by atoms with E-state index in [9.17, 15) is 9.65 Å². The lowest BCUT2D eigenvalue weighted by molar-refractivity contribution is 0.0455. The number of hydrogen-bond donors (Lipinski definition) is 3. The van der Waals surface area contributed by atoms with Gasteiger partial charge in [-0.1, -0.05) is 6.07 Å². The third-order valence-electron chi connectivity index (χ3n) is 6.99. The van der Waals surface area contributed by atoms with Gasteiger partial charge in [0.1, 0.15) is 11.6 Å². The Bertz CT molecular complexity index is 1000. The number of nitriles is 1.